The molecule has 0 aromatic carbocycles. The summed E-state index contributed by atoms with van der Waals surface area (Å²) in [6, 6.07) is 0.401. The van der Waals surface area contributed by atoms with E-state index in [0.717, 1.165) is 38.3 Å². The van der Waals surface area contributed by atoms with Gasteiger partial charge in [-0.2, -0.15) is 0 Å². The van der Waals surface area contributed by atoms with Crippen LogP contribution in [0.2, 0.25) is 0 Å². The van der Waals surface area contributed by atoms with Gasteiger partial charge in [0.2, 0.25) is 5.91 Å². The highest BCUT2D eigenvalue weighted by Crippen LogP contribution is 2.32. The molecule has 4 atom stereocenters. The fourth-order valence-corrected chi connectivity index (χ4v) is 3.60. The normalized spacial score (nSPS) is 40.7. The van der Waals surface area contributed by atoms with Gasteiger partial charge in [0.05, 0.1) is 5.41 Å². The molecule has 1 aliphatic heterocycles. The molecule has 2 aliphatic rings. The number of rotatable bonds is 3. The first-order valence-corrected chi connectivity index (χ1v) is 7.59. The van der Waals surface area contributed by atoms with Crippen molar-refractivity contribution in [1.82, 2.24) is 10.6 Å². The fraction of sp³-hybridized carbons (Fsp3) is 0.933. The SMILES string of the molecule is CCC1(C(=O)NC2CCC(C)CC2C)CCNC1. The topological polar surface area (TPSA) is 41.1 Å². The smallest absolute Gasteiger partial charge is 0.227 e. The molecule has 18 heavy (non-hydrogen) atoms. The molecule has 2 rings (SSSR count). The largest absolute Gasteiger partial charge is 0.353 e. The summed E-state index contributed by atoms with van der Waals surface area (Å²) >= 11 is 0. The van der Waals surface area contributed by atoms with E-state index in [1.165, 1.54) is 12.8 Å². The zero-order chi connectivity index (χ0) is 13.2. The zero-order valence-electron chi connectivity index (χ0n) is 12.1. The van der Waals surface area contributed by atoms with E-state index >= 15 is 0 Å². The molecule has 4 unspecified atom stereocenters. The molecule has 2 N–H and O–H groups in total. The van der Waals surface area contributed by atoms with E-state index in [1.807, 2.05) is 0 Å². The van der Waals surface area contributed by atoms with Gasteiger partial charge in [-0.1, -0.05) is 20.8 Å². The predicted octanol–water partition coefficient (Wildman–Crippen LogP) is 2.32. The second-order valence-electron chi connectivity index (χ2n) is 6.54. The number of carbonyl (C=O) groups excluding carboxylic acids is 1. The van der Waals surface area contributed by atoms with Crippen LogP contribution in [0.3, 0.4) is 0 Å². The Bertz CT molecular complexity index is 297. The highest BCUT2D eigenvalue weighted by molar-refractivity contribution is 5.83. The maximum atomic E-state index is 12.5. The molecule has 3 nitrogen and oxygen atoms in total. The van der Waals surface area contributed by atoms with Gasteiger partial charge in [0.25, 0.3) is 0 Å². The lowest BCUT2D eigenvalue weighted by atomic mass is 9.78. The third-order valence-corrected chi connectivity index (χ3v) is 5.15. The molecule has 1 heterocycles. The van der Waals surface area contributed by atoms with Gasteiger partial charge in [0.1, 0.15) is 0 Å². The van der Waals surface area contributed by atoms with Crippen molar-refractivity contribution in [2.24, 2.45) is 17.3 Å². The van der Waals surface area contributed by atoms with Crippen LogP contribution in [0.5, 0.6) is 0 Å². The molecule has 0 spiro atoms. The van der Waals surface area contributed by atoms with Gasteiger partial charge >= 0.3 is 0 Å². The van der Waals surface area contributed by atoms with E-state index in [9.17, 15) is 4.79 Å². The summed E-state index contributed by atoms with van der Waals surface area (Å²) in [5.41, 5.74) is -0.136. The van der Waals surface area contributed by atoms with Gasteiger partial charge in [-0.3, -0.25) is 4.79 Å². The first kappa shape index (κ1) is 13.9. The average molecular weight is 252 g/mol. The van der Waals surface area contributed by atoms with Crippen LogP contribution in [0.1, 0.15) is 52.9 Å². The zero-order valence-corrected chi connectivity index (χ0v) is 12.1. The van der Waals surface area contributed by atoms with Crippen LogP contribution in [0, 0.1) is 17.3 Å². The summed E-state index contributed by atoms with van der Waals surface area (Å²) in [5, 5.41) is 6.68. The summed E-state index contributed by atoms with van der Waals surface area (Å²) in [6.45, 7) is 8.58. The lowest BCUT2D eigenvalue weighted by Crippen LogP contribution is -2.49. The lowest BCUT2D eigenvalue weighted by molar-refractivity contribution is -0.131. The summed E-state index contributed by atoms with van der Waals surface area (Å²) in [4.78, 5) is 12.5. The Kier molecular flexibility index (Phi) is 4.31. The van der Waals surface area contributed by atoms with E-state index in [2.05, 4.69) is 31.4 Å². The van der Waals surface area contributed by atoms with E-state index in [4.69, 9.17) is 0 Å². The summed E-state index contributed by atoms with van der Waals surface area (Å²) in [6.07, 6.45) is 5.60. The minimum atomic E-state index is -0.136. The number of amides is 1. The van der Waals surface area contributed by atoms with Crippen molar-refractivity contribution >= 4 is 5.91 Å². The van der Waals surface area contributed by atoms with Crippen LogP contribution in [0.15, 0.2) is 0 Å². The van der Waals surface area contributed by atoms with Crippen molar-refractivity contribution in [1.29, 1.82) is 0 Å². The van der Waals surface area contributed by atoms with Gasteiger partial charge in [-0.15, -0.1) is 0 Å². The molecule has 1 aliphatic carbocycles. The van der Waals surface area contributed by atoms with Crippen LogP contribution >= 0.6 is 0 Å². The standard InChI is InChI=1S/C15H28N2O/c1-4-15(7-8-16-10-15)14(18)17-13-6-5-11(2)9-12(13)3/h11-13,16H,4-10H2,1-3H3,(H,17,18). The molecule has 0 aromatic heterocycles. The second kappa shape index (κ2) is 5.60. The molecule has 0 bridgehead atoms. The Labute approximate surface area is 111 Å². The molecule has 0 radical (unpaired) electrons. The molecule has 1 saturated carbocycles. The Morgan fingerprint density at radius 2 is 2.17 bits per heavy atom. The molecule has 2 fully saturated rings. The third-order valence-electron chi connectivity index (χ3n) is 5.15. The van der Waals surface area contributed by atoms with Crippen molar-refractivity contribution in [3.63, 3.8) is 0 Å². The van der Waals surface area contributed by atoms with Gasteiger partial charge in [-0.05, 0) is 50.5 Å². The minimum Gasteiger partial charge on any atom is -0.353 e. The van der Waals surface area contributed by atoms with E-state index < -0.39 is 0 Å². The highest BCUT2D eigenvalue weighted by Gasteiger charge is 2.41. The first-order valence-electron chi connectivity index (χ1n) is 7.59. The first-order chi connectivity index (χ1) is 8.57. The number of hydrogen-bond acceptors (Lipinski definition) is 2. The van der Waals surface area contributed by atoms with Crippen LogP contribution in [-0.2, 0) is 4.79 Å². The van der Waals surface area contributed by atoms with Crippen LogP contribution < -0.4 is 10.6 Å². The van der Waals surface area contributed by atoms with Crippen molar-refractivity contribution in [3.8, 4) is 0 Å². The predicted molar refractivity (Wildman–Crippen MR) is 74.3 cm³/mol. The van der Waals surface area contributed by atoms with Gasteiger partial charge in [0, 0.05) is 12.6 Å². The number of hydrogen-bond donors (Lipinski definition) is 2. The molecular formula is C15H28N2O. The summed E-state index contributed by atoms with van der Waals surface area (Å²) in [5.74, 6) is 1.74. The number of carbonyl (C=O) groups is 1. The van der Waals surface area contributed by atoms with Crippen molar-refractivity contribution in [2.75, 3.05) is 13.1 Å². The average Bonchev–Trinajstić information content (AvgIpc) is 2.82. The van der Waals surface area contributed by atoms with Gasteiger partial charge in [0.15, 0.2) is 0 Å². The van der Waals surface area contributed by atoms with Crippen LogP contribution in [-0.4, -0.2) is 25.0 Å². The van der Waals surface area contributed by atoms with Crippen LogP contribution in [0.4, 0.5) is 0 Å². The molecular weight excluding hydrogens is 224 g/mol. The maximum absolute atomic E-state index is 12.5. The third kappa shape index (κ3) is 2.71. The maximum Gasteiger partial charge on any atom is 0.227 e. The fourth-order valence-electron chi connectivity index (χ4n) is 3.60. The van der Waals surface area contributed by atoms with E-state index in [-0.39, 0.29) is 5.41 Å². The quantitative estimate of drug-likeness (QED) is 0.809. The Hall–Kier alpha value is -0.570. The molecule has 3 heteroatoms. The second-order valence-corrected chi connectivity index (χ2v) is 6.54. The van der Waals surface area contributed by atoms with Crippen molar-refractivity contribution in [2.45, 2.75) is 58.9 Å². The highest BCUT2D eigenvalue weighted by atomic mass is 16.2. The summed E-state index contributed by atoms with van der Waals surface area (Å²) in [7, 11) is 0. The van der Waals surface area contributed by atoms with Crippen LogP contribution in [0.25, 0.3) is 0 Å². The van der Waals surface area contributed by atoms with E-state index in [0.29, 0.717) is 17.9 Å². The van der Waals surface area contributed by atoms with E-state index in [1.54, 1.807) is 0 Å². The Balaban J connectivity index is 1.94. The van der Waals surface area contributed by atoms with Gasteiger partial charge in [-0.25, -0.2) is 0 Å². The molecule has 0 aromatic rings. The molecule has 104 valence electrons. The number of nitrogens with one attached hydrogen (secondary N) is 2. The van der Waals surface area contributed by atoms with Gasteiger partial charge < -0.3 is 10.6 Å². The van der Waals surface area contributed by atoms with Crippen molar-refractivity contribution in [3.05, 3.63) is 0 Å². The summed E-state index contributed by atoms with van der Waals surface area (Å²) < 4.78 is 0. The minimum absolute atomic E-state index is 0.136. The van der Waals surface area contributed by atoms with Crippen molar-refractivity contribution < 1.29 is 4.79 Å². The molecule has 1 amide bonds. The lowest BCUT2D eigenvalue weighted by Gasteiger charge is -2.36. The Morgan fingerprint density at radius 1 is 1.39 bits per heavy atom. The molecule has 1 saturated heterocycles. The Morgan fingerprint density at radius 3 is 2.72 bits per heavy atom. The monoisotopic (exact) mass is 252 g/mol.